The van der Waals surface area contributed by atoms with Gasteiger partial charge in [0.25, 0.3) is 0 Å². The van der Waals surface area contributed by atoms with Crippen molar-refractivity contribution in [2.75, 3.05) is 18.4 Å². The number of aliphatic imine (C=N–C) groups is 1. The Kier molecular flexibility index (Phi) is 3.83. The van der Waals surface area contributed by atoms with Crippen LogP contribution in [0.1, 0.15) is 11.1 Å². The van der Waals surface area contributed by atoms with Gasteiger partial charge in [-0.1, -0.05) is 29.3 Å². The van der Waals surface area contributed by atoms with E-state index in [-0.39, 0.29) is 16.3 Å². The smallest absolute Gasteiger partial charge is 0.135 e. The molecule has 0 saturated heterocycles. The van der Waals surface area contributed by atoms with Gasteiger partial charge in [0, 0.05) is 17.8 Å². The van der Waals surface area contributed by atoms with Gasteiger partial charge >= 0.3 is 0 Å². The molecule has 0 aliphatic carbocycles. The monoisotopic (exact) mass is 326 g/mol. The van der Waals surface area contributed by atoms with E-state index in [1.54, 1.807) is 12.1 Å². The number of hydrogen-bond donors (Lipinski definition) is 1. The zero-order chi connectivity index (χ0) is 15.0. The topological polar surface area (TPSA) is 24.4 Å². The van der Waals surface area contributed by atoms with Gasteiger partial charge in [-0.25, -0.2) is 8.78 Å². The van der Waals surface area contributed by atoms with E-state index in [2.05, 4.69) is 10.3 Å². The molecule has 0 fully saturated rings. The maximum absolute atomic E-state index is 14.1. The predicted octanol–water partition coefficient (Wildman–Crippen LogP) is 4.53. The molecular formula is C15H10Cl2F2N2. The van der Waals surface area contributed by atoms with E-state index >= 15 is 0 Å². The summed E-state index contributed by atoms with van der Waals surface area (Å²) in [7, 11) is 0. The number of fused-ring (bicyclic) bond motifs is 1. The largest absolute Gasteiger partial charge is 0.383 e. The van der Waals surface area contributed by atoms with E-state index < -0.39 is 11.6 Å². The highest BCUT2D eigenvalue weighted by atomic mass is 35.5. The van der Waals surface area contributed by atoms with E-state index in [1.165, 1.54) is 18.2 Å². The molecule has 3 rings (SSSR count). The number of hydrogen-bond acceptors (Lipinski definition) is 2. The van der Waals surface area contributed by atoms with Crippen molar-refractivity contribution >= 4 is 34.6 Å². The Balaban J connectivity index is 2.31. The zero-order valence-electron chi connectivity index (χ0n) is 10.8. The predicted molar refractivity (Wildman–Crippen MR) is 81.8 cm³/mol. The molecule has 1 heterocycles. The third-order valence-corrected chi connectivity index (χ3v) is 4.03. The second-order valence-corrected chi connectivity index (χ2v) is 5.32. The van der Waals surface area contributed by atoms with Gasteiger partial charge in [-0.15, -0.1) is 0 Å². The van der Waals surface area contributed by atoms with Crippen LogP contribution in [0.4, 0.5) is 14.5 Å². The van der Waals surface area contributed by atoms with Crippen molar-refractivity contribution < 1.29 is 8.78 Å². The summed E-state index contributed by atoms with van der Waals surface area (Å²) in [6.07, 6.45) is 0. The highest BCUT2D eigenvalue weighted by molar-refractivity contribution is 6.45. The number of benzodiazepines with no additional fused rings is 1. The van der Waals surface area contributed by atoms with Crippen LogP contribution in [0, 0.1) is 11.6 Å². The first-order chi connectivity index (χ1) is 10.1. The van der Waals surface area contributed by atoms with Crippen molar-refractivity contribution in [3.8, 4) is 0 Å². The minimum atomic E-state index is -0.683. The summed E-state index contributed by atoms with van der Waals surface area (Å²) in [5.41, 5.74) is 1.07. The van der Waals surface area contributed by atoms with E-state index in [1.807, 2.05) is 0 Å². The molecule has 108 valence electrons. The Morgan fingerprint density at radius 2 is 1.71 bits per heavy atom. The Hall–Kier alpha value is -1.65. The van der Waals surface area contributed by atoms with Crippen LogP contribution in [0.25, 0.3) is 0 Å². The fraction of sp³-hybridized carbons (Fsp3) is 0.133. The van der Waals surface area contributed by atoms with Gasteiger partial charge in [0.2, 0.25) is 0 Å². The fourth-order valence-electron chi connectivity index (χ4n) is 2.29. The number of nitrogens with one attached hydrogen (secondary N) is 1. The first-order valence-electron chi connectivity index (χ1n) is 6.30. The molecule has 0 radical (unpaired) electrons. The zero-order valence-corrected chi connectivity index (χ0v) is 12.3. The SMILES string of the molecule is Fc1cccc(F)c1C1=NCCNc2ccc(Cl)c(Cl)c21. The molecule has 0 saturated carbocycles. The number of halogens is 4. The van der Waals surface area contributed by atoms with Crippen molar-refractivity contribution in [1.82, 2.24) is 0 Å². The van der Waals surface area contributed by atoms with Crippen LogP contribution in [0.2, 0.25) is 10.0 Å². The molecule has 2 aromatic rings. The summed E-state index contributed by atoms with van der Waals surface area (Å²) in [5.74, 6) is -1.37. The number of rotatable bonds is 1. The van der Waals surface area contributed by atoms with Gasteiger partial charge in [-0.05, 0) is 24.3 Å². The molecule has 1 aliphatic heterocycles. The average Bonchev–Trinajstić information content (AvgIpc) is 2.66. The maximum Gasteiger partial charge on any atom is 0.135 e. The molecule has 2 nitrogen and oxygen atoms in total. The number of benzene rings is 2. The Morgan fingerprint density at radius 1 is 1.00 bits per heavy atom. The molecule has 0 atom stereocenters. The maximum atomic E-state index is 14.1. The fourth-order valence-corrected chi connectivity index (χ4v) is 2.71. The second-order valence-electron chi connectivity index (χ2n) is 4.54. The van der Waals surface area contributed by atoms with E-state index in [9.17, 15) is 8.78 Å². The summed E-state index contributed by atoms with van der Waals surface area (Å²) in [4.78, 5) is 4.29. The lowest BCUT2D eigenvalue weighted by atomic mass is 9.99. The third kappa shape index (κ3) is 2.49. The van der Waals surface area contributed by atoms with Crippen LogP contribution >= 0.6 is 23.2 Å². The van der Waals surface area contributed by atoms with Gasteiger partial charge in [0.05, 0.1) is 27.9 Å². The molecule has 2 aromatic carbocycles. The van der Waals surface area contributed by atoms with Gasteiger partial charge in [-0.3, -0.25) is 4.99 Å². The molecule has 0 unspecified atom stereocenters. The molecule has 0 bridgehead atoms. The Labute approximate surface area is 130 Å². The standard InChI is InChI=1S/C15H10Cl2F2N2/c16-8-4-5-11-13(14(8)17)15(21-7-6-20-11)12-9(18)2-1-3-10(12)19/h1-5,20H,6-7H2. The highest BCUT2D eigenvalue weighted by Crippen LogP contribution is 2.35. The molecule has 0 amide bonds. The van der Waals surface area contributed by atoms with Gasteiger partial charge < -0.3 is 5.32 Å². The second kappa shape index (κ2) is 5.62. The summed E-state index contributed by atoms with van der Waals surface area (Å²) in [5, 5.41) is 3.66. The van der Waals surface area contributed by atoms with Crippen LogP contribution in [0.5, 0.6) is 0 Å². The van der Waals surface area contributed by atoms with Gasteiger partial charge in [-0.2, -0.15) is 0 Å². The van der Waals surface area contributed by atoms with Crippen molar-refractivity contribution in [2.24, 2.45) is 4.99 Å². The summed E-state index contributed by atoms with van der Waals surface area (Å²) in [6, 6.07) is 7.05. The molecule has 21 heavy (non-hydrogen) atoms. The van der Waals surface area contributed by atoms with Crippen LogP contribution in [-0.4, -0.2) is 18.8 Å². The highest BCUT2D eigenvalue weighted by Gasteiger charge is 2.24. The first-order valence-corrected chi connectivity index (χ1v) is 7.06. The Morgan fingerprint density at radius 3 is 2.43 bits per heavy atom. The Bertz CT molecular complexity index is 724. The molecule has 0 spiro atoms. The van der Waals surface area contributed by atoms with Crippen molar-refractivity contribution in [3.05, 3.63) is 63.1 Å². The van der Waals surface area contributed by atoms with E-state index in [4.69, 9.17) is 23.2 Å². The van der Waals surface area contributed by atoms with Crippen molar-refractivity contribution in [1.29, 1.82) is 0 Å². The molecule has 1 N–H and O–H groups in total. The van der Waals surface area contributed by atoms with Crippen LogP contribution in [0.3, 0.4) is 0 Å². The van der Waals surface area contributed by atoms with Crippen LogP contribution < -0.4 is 5.32 Å². The van der Waals surface area contributed by atoms with Crippen LogP contribution in [0.15, 0.2) is 35.3 Å². The van der Waals surface area contributed by atoms with Gasteiger partial charge in [0.1, 0.15) is 11.6 Å². The number of anilines is 1. The van der Waals surface area contributed by atoms with E-state index in [0.29, 0.717) is 29.4 Å². The summed E-state index contributed by atoms with van der Waals surface area (Å²) >= 11 is 12.3. The molecule has 1 aliphatic rings. The lowest BCUT2D eigenvalue weighted by Gasteiger charge is -2.14. The minimum absolute atomic E-state index is 0.179. The van der Waals surface area contributed by atoms with Crippen molar-refractivity contribution in [2.45, 2.75) is 0 Å². The van der Waals surface area contributed by atoms with Gasteiger partial charge in [0.15, 0.2) is 0 Å². The minimum Gasteiger partial charge on any atom is -0.383 e. The normalized spacial score (nSPS) is 14.0. The van der Waals surface area contributed by atoms with Crippen molar-refractivity contribution in [3.63, 3.8) is 0 Å². The van der Waals surface area contributed by atoms with E-state index in [0.717, 1.165) is 0 Å². The third-order valence-electron chi connectivity index (χ3n) is 3.23. The summed E-state index contributed by atoms with van der Waals surface area (Å²) < 4.78 is 28.2. The first kappa shape index (κ1) is 14.3. The molecular weight excluding hydrogens is 317 g/mol. The number of nitrogens with zero attached hydrogens (tertiary/aromatic N) is 1. The lowest BCUT2D eigenvalue weighted by molar-refractivity contribution is 0.579. The molecule has 0 aromatic heterocycles. The average molecular weight is 327 g/mol. The lowest BCUT2D eigenvalue weighted by Crippen LogP contribution is -2.11. The van der Waals surface area contributed by atoms with Crippen LogP contribution in [-0.2, 0) is 0 Å². The summed E-state index contributed by atoms with van der Waals surface area (Å²) in [6.45, 7) is 0.927. The quantitative estimate of drug-likeness (QED) is 0.817. The molecule has 6 heteroatoms.